The van der Waals surface area contributed by atoms with E-state index in [0.717, 1.165) is 44.8 Å². The van der Waals surface area contributed by atoms with Gasteiger partial charge >= 0.3 is 0 Å². The number of hydrogen-bond acceptors (Lipinski definition) is 4. The summed E-state index contributed by atoms with van der Waals surface area (Å²) in [7, 11) is 0. The Morgan fingerprint density at radius 2 is 2.10 bits per heavy atom. The van der Waals surface area contributed by atoms with E-state index in [2.05, 4.69) is 36.2 Å². The Morgan fingerprint density at radius 3 is 2.70 bits per heavy atom. The van der Waals surface area contributed by atoms with Crippen molar-refractivity contribution in [3.8, 4) is 0 Å². The molecular formula is C15H28N4O. The SMILES string of the molecule is CCNC(Cc1ncnn1CC)C1(OCC)CCCC1. The van der Waals surface area contributed by atoms with Crippen LogP contribution < -0.4 is 5.32 Å². The van der Waals surface area contributed by atoms with Gasteiger partial charge in [-0.3, -0.25) is 4.68 Å². The van der Waals surface area contributed by atoms with Gasteiger partial charge in [0.2, 0.25) is 0 Å². The molecule has 1 saturated carbocycles. The Labute approximate surface area is 122 Å². The minimum atomic E-state index is -0.0186. The Balaban J connectivity index is 2.16. The molecular weight excluding hydrogens is 252 g/mol. The highest BCUT2D eigenvalue weighted by molar-refractivity contribution is 5.02. The van der Waals surface area contributed by atoms with Gasteiger partial charge < -0.3 is 10.1 Å². The average molecular weight is 280 g/mol. The number of likely N-dealkylation sites (N-methyl/N-ethyl adjacent to an activating group) is 1. The predicted molar refractivity (Wildman–Crippen MR) is 79.7 cm³/mol. The van der Waals surface area contributed by atoms with E-state index >= 15 is 0 Å². The van der Waals surface area contributed by atoms with E-state index in [4.69, 9.17) is 4.74 Å². The van der Waals surface area contributed by atoms with E-state index in [1.54, 1.807) is 6.33 Å². The number of ether oxygens (including phenoxy) is 1. The molecule has 1 aromatic heterocycles. The summed E-state index contributed by atoms with van der Waals surface area (Å²) in [4.78, 5) is 4.43. The zero-order valence-electron chi connectivity index (χ0n) is 13.1. The van der Waals surface area contributed by atoms with Gasteiger partial charge in [-0.2, -0.15) is 5.10 Å². The first-order chi connectivity index (χ1) is 9.75. The third-order valence-electron chi connectivity index (χ3n) is 4.35. The number of nitrogens with zero attached hydrogens (tertiary/aromatic N) is 3. The highest BCUT2D eigenvalue weighted by Crippen LogP contribution is 2.37. The van der Waals surface area contributed by atoms with Crippen LogP contribution in [0.2, 0.25) is 0 Å². The molecule has 0 bridgehead atoms. The smallest absolute Gasteiger partial charge is 0.138 e. The fourth-order valence-electron chi connectivity index (χ4n) is 3.44. The molecule has 1 atom stereocenters. The second-order valence-corrected chi connectivity index (χ2v) is 5.51. The highest BCUT2D eigenvalue weighted by Gasteiger charge is 2.42. The molecule has 2 rings (SSSR count). The molecule has 0 saturated heterocycles. The lowest BCUT2D eigenvalue weighted by Gasteiger charge is -2.37. The Kier molecular flexibility index (Phi) is 5.54. The third-order valence-corrected chi connectivity index (χ3v) is 4.35. The zero-order valence-corrected chi connectivity index (χ0v) is 13.1. The van der Waals surface area contributed by atoms with Crippen molar-refractivity contribution in [2.45, 2.75) is 71.1 Å². The van der Waals surface area contributed by atoms with Gasteiger partial charge in [-0.25, -0.2) is 4.98 Å². The van der Waals surface area contributed by atoms with Crippen molar-refractivity contribution in [3.63, 3.8) is 0 Å². The first kappa shape index (κ1) is 15.4. The molecule has 20 heavy (non-hydrogen) atoms. The van der Waals surface area contributed by atoms with E-state index in [1.165, 1.54) is 12.8 Å². The molecule has 1 unspecified atom stereocenters. The number of aryl methyl sites for hydroxylation is 1. The summed E-state index contributed by atoms with van der Waals surface area (Å²) in [5.41, 5.74) is -0.0186. The molecule has 0 aliphatic heterocycles. The summed E-state index contributed by atoms with van der Waals surface area (Å²) in [6.07, 6.45) is 7.38. The molecule has 1 aromatic rings. The van der Waals surface area contributed by atoms with Gasteiger partial charge in [0.15, 0.2) is 0 Å². The van der Waals surface area contributed by atoms with Crippen LogP contribution in [-0.4, -0.2) is 39.6 Å². The summed E-state index contributed by atoms with van der Waals surface area (Å²) in [6, 6.07) is 0.324. The monoisotopic (exact) mass is 280 g/mol. The molecule has 0 amide bonds. The molecule has 0 aromatic carbocycles. The predicted octanol–water partition coefficient (Wildman–Crippen LogP) is 2.17. The fraction of sp³-hybridized carbons (Fsp3) is 0.867. The highest BCUT2D eigenvalue weighted by atomic mass is 16.5. The lowest BCUT2D eigenvalue weighted by molar-refractivity contribution is -0.0615. The molecule has 0 radical (unpaired) electrons. The fourth-order valence-corrected chi connectivity index (χ4v) is 3.44. The van der Waals surface area contributed by atoms with Crippen LogP contribution in [0.5, 0.6) is 0 Å². The summed E-state index contributed by atoms with van der Waals surface area (Å²) in [6.45, 7) is 8.97. The lowest BCUT2D eigenvalue weighted by atomic mass is 9.89. The van der Waals surface area contributed by atoms with Crippen molar-refractivity contribution in [2.24, 2.45) is 0 Å². The second kappa shape index (κ2) is 7.18. The maximum Gasteiger partial charge on any atom is 0.138 e. The average Bonchev–Trinajstić information content (AvgIpc) is 3.08. The normalized spacial score (nSPS) is 19.4. The molecule has 5 heteroatoms. The van der Waals surface area contributed by atoms with Crippen molar-refractivity contribution < 1.29 is 4.74 Å². The lowest BCUT2D eigenvalue weighted by Crippen LogP contribution is -2.52. The van der Waals surface area contributed by atoms with E-state index in [9.17, 15) is 0 Å². The standard InChI is InChI=1S/C15H28N4O/c1-4-16-13(11-14-17-12-18-19(14)5-2)15(20-6-3)9-7-8-10-15/h12-13,16H,4-11H2,1-3H3. The van der Waals surface area contributed by atoms with Crippen LogP contribution in [0.1, 0.15) is 52.3 Å². The molecule has 1 N–H and O–H groups in total. The summed E-state index contributed by atoms with van der Waals surface area (Å²) in [5, 5.41) is 7.91. The summed E-state index contributed by atoms with van der Waals surface area (Å²) >= 11 is 0. The second-order valence-electron chi connectivity index (χ2n) is 5.51. The quantitative estimate of drug-likeness (QED) is 0.793. The molecule has 114 valence electrons. The van der Waals surface area contributed by atoms with Crippen LogP contribution in [0.3, 0.4) is 0 Å². The van der Waals surface area contributed by atoms with E-state index < -0.39 is 0 Å². The van der Waals surface area contributed by atoms with Crippen LogP contribution in [0.4, 0.5) is 0 Å². The molecule has 0 spiro atoms. The van der Waals surface area contributed by atoms with Crippen LogP contribution in [0.25, 0.3) is 0 Å². The Hall–Kier alpha value is -0.940. The topological polar surface area (TPSA) is 52.0 Å². The number of nitrogens with one attached hydrogen (secondary N) is 1. The van der Waals surface area contributed by atoms with Gasteiger partial charge in [-0.05, 0) is 33.2 Å². The Morgan fingerprint density at radius 1 is 1.35 bits per heavy atom. The van der Waals surface area contributed by atoms with Crippen molar-refractivity contribution in [1.82, 2.24) is 20.1 Å². The molecule has 1 aliphatic rings. The van der Waals surface area contributed by atoms with Gasteiger partial charge in [0.05, 0.1) is 5.60 Å². The molecule has 1 aliphatic carbocycles. The summed E-state index contributed by atoms with van der Waals surface area (Å²) < 4.78 is 8.19. The first-order valence-electron chi connectivity index (χ1n) is 7.99. The molecule has 1 fully saturated rings. The minimum Gasteiger partial charge on any atom is -0.374 e. The van der Waals surface area contributed by atoms with Crippen LogP contribution in [-0.2, 0) is 17.7 Å². The van der Waals surface area contributed by atoms with Crippen molar-refractivity contribution in [2.75, 3.05) is 13.2 Å². The maximum atomic E-state index is 6.21. The minimum absolute atomic E-state index is 0.0186. The Bertz CT molecular complexity index is 398. The van der Waals surface area contributed by atoms with Crippen LogP contribution in [0.15, 0.2) is 6.33 Å². The first-order valence-corrected chi connectivity index (χ1v) is 7.99. The van der Waals surface area contributed by atoms with Gasteiger partial charge in [-0.1, -0.05) is 19.8 Å². The van der Waals surface area contributed by atoms with Crippen LogP contribution in [0, 0.1) is 0 Å². The van der Waals surface area contributed by atoms with E-state index in [-0.39, 0.29) is 5.60 Å². The van der Waals surface area contributed by atoms with Gasteiger partial charge in [0.25, 0.3) is 0 Å². The van der Waals surface area contributed by atoms with Crippen molar-refractivity contribution in [3.05, 3.63) is 12.2 Å². The van der Waals surface area contributed by atoms with Gasteiger partial charge in [0, 0.05) is 25.6 Å². The van der Waals surface area contributed by atoms with Crippen molar-refractivity contribution in [1.29, 1.82) is 0 Å². The number of rotatable bonds is 8. The van der Waals surface area contributed by atoms with E-state index in [0.29, 0.717) is 6.04 Å². The molecule has 5 nitrogen and oxygen atoms in total. The largest absolute Gasteiger partial charge is 0.374 e. The number of hydrogen-bond donors (Lipinski definition) is 1. The van der Waals surface area contributed by atoms with E-state index in [1.807, 2.05) is 4.68 Å². The maximum absolute atomic E-state index is 6.21. The molecule has 1 heterocycles. The zero-order chi connectivity index (χ0) is 14.4. The van der Waals surface area contributed by atoms with Crippen LogP contribution >= 0.6 is 0 Å². The summed E-state index contributed by atoms with van der Waals surface area (Å²) in [5.74, 6) is 1.06. The van der Waals surface area contributed by atoms with Gasteiger partial charge in [-0.15, -0.1) is 0 Å². The van der Waals surface area contributed by atoms with Gasteiger partial charge in [0.1, 0.15) is 12.2 Å². The third kappa shape index (κ3) is 3.20. The number of aromatic nitrogens is 3. The van der Waals surface area contributed by atoms with Crippen molar-refractivity contribution >= 4 is 0 Å².